The second-order valence-electron chi connectivity index (χ2n) is 6.02. The van der Waals surface area contributed by atoms with E-state index in [1.807, 2.05) is 6.92 Å². The predicted molar refractivity (Wildman–Crippen MR) is 101 cm³/mol. The van der Waals surface area contributed by atoms with Crippen LogP contribution in [-0.2, 0) is 13.0 Å². The van der Waals surface area contributed by atoms with Gasteiger partial charge in [-0.2, -0.15) is 0 Å². The van der Waals surface area contributed by atoms with Crippen molar-refractivity contribution < 1.29 is 13.6 Å². The lowest BCUT2D eigenvalue weighted by Crippen LogP contribution is -2.26. The Morgan fingerprint density at radius 1 is 1.19 bits per heavy atom. The monoisotopic (exact) mass is 389 g/mol. The molecule has 0 aliphatic carbocycles. The summed E-state index contributed by atoms with van der Waals surface area (Å²) in [6.07, 6.45) is 0.289. The molecule has 0 aliphatic heterocycles. The van der Waals surface area contributed by atoms with Crippen molar-refractivity contribution in [2.24, 2.45) is 0 Å². The van der Waals surface area contributed by atoms with Crippen LogP contribution in [0, 0.1) is 16.4 Å². The van der Waals surface area contributed by atoms with Gasteiger partial charge in [-0.1, -0.05) is 0 Å². The van der Waals surface area contributed by atoms with Crippen molar-refractivity contribution in [3.05, 3.63) is 74.3 Å². The molecule has 0 bridgehead atoms. The molecule has 0 saturated heterocycles. The van der Waals surface area contributed by atoms with Gasteiger partial charge in [-0.15, -0.1) is 0 Å². The predicted octanol–water partition coefficient (Wildman–Crippen LogP) is 3.33. The number of carbonyl (C=O) groups excluding carboxylic acids is 1. The van der Waals surface area contributed by atoms with Crippen LogP contribution in [0.2, 0.25) is 0 Å². The van der Waals surface area contributed by atoms with Crippen molar-refractivity contribution in [1.29, 1.82) is 0 Å². The molecule has 3 rings (SSSR count). The second kappa shape index (κ2) is 7.79. The highest BCUT2D eigenvalue weighted by atomic mass is 32.1. The molecule has 0 saturated carbocycles. The molecule has 1 aromatic heterocycles. The first-order valence-electron chi connectivity index (χ1n) is 8.39. The summed E-state index contributed by atoms with van der Waals surface area (Å²) in [5.74, 6) is -1.66. The molecule has 0 spiro atoms. The number of rotatable bonds is 5. The van der Waals surface area contributed by atoms with Gasteiger partial charge in [-0.05, 0) is 61.5 Å². The molecule has 1 amide bonds. The third kappa shape index (κ3) is 4.11. The van der Waals surface area contributed by atoms with Gasteiger partial charge in [0.2, 0.25) is 0 Å². The number of hydrogen-bond acceptors (Lipinski definition) is 3. The van der Waals surface area contributed by atoms with Crippen molar-refractivity contribution in [2.45, 2.75) is 19.9 Å². The number of H-pyrrole nitrogens is 1. The van der Waals surface area contributed by atoms with Crippen LogP contribution in [0.15, 0.2) is 41.2 Å². The topological polar surface area (TPSA) is 66.9 Å². The summed E-state index contributed by atoms with van der Waals surface area (Å²) < 4.78 is 28.1. The van der Waals surface area contributed by atoms with Crippen LogP contribution in [0.5, 0.6) is 0 Å². The molecule has 5 nitrogen and oxygen atoms in total. The zero-order valence-corrected chi connectivity index (χ0v) is 15.3. The molecule has 1 heterocycles. The highest BCUT2D eigenvalue weighted by molar-refractivity contribution is 7.71. The first-order chi connectivity index (χ1) is 12.9. The molecule has 0 atom stereocenters. The van der Waals surface area contributed by atoms with E-state index in [-0.39, 0.29) is 24.4 Å². The fraction of sp³-hybridized carbons (Fsp3) is 0.211. The van der Waals surface area contributed by atoms with Crippen LogP contribution in [0.1, 0.15) is 22.8 Å². The maximum atomic E-state index is 13.2. The number of carbonyl (C=O) groups is 1. The maximum absolute atomic E-state index is 13.2. The van der Waals surface area contributed by atoms with Crippen molar-refractivity contribution >= 4 is 29.0 Å². The minimum absolute atomic E-state index is 0.212. The van der Waals surface area contributed by atoms with Gasteiger partial charge in [0.15, 0.2) is 4.77 Å². The zero-order chi connectivity index (χ0) is 19.6. The van der Waals surface area contributed by atoms with Gasteiger partial charge >= 0.3 is 0 Å². The normalized spacial score (nSPS) is 10.9. The van der Waals surface area contributed by atoms with E-state index >= 15 is 0 Å². The average Bonchev–Trinajstić information content (AvgIpc) is 2.60. The molecule has 0 aliphatic rings. The van der Waals surface area contributed by atoms with E-state index in [0.717, 1.165) is 6.07 Å². The Morgan fingerprint density at radius 3 is 2.56 bits per heavy atom. The van der Waals surface area contributed by atoms with Crippen molar-refractivity contribution in [2.75, 3.05) is 6.54 Å². The summed E-state index contributed by atoms with van der Waals surface area (Å²) in [5.41, 5.74) is 1.08. The molecule has 0 fully saturated rings. The Bertz CT molecular complexity index is 1120. The number of nitrogens with one attached hydrogen (secondary N) is 2. The molecule has 2 N–H and O–H groups in total. The maximum Gasteiger partial charge on any atom is 0.262 e. The fourth-order valence-electron chi connectivity index (χ4n) is 2.86. The summed E-state index contributed by atoms with van der Waals surface area (Å²) >= 11 is 5.17. The van der Waals surface area contributed by atoms with Gasteiger partial charge in [0.05, 0.1) is 10.9 Å². The SMILES string of the molecule is CCn1c(=S)[nH]c2cc(C(=O)NCCc3cc(F)cc(F)c3)ccc2c1=O. The third-order valence-electron chi connectivity index (χ3n) is 4.18. The largest absolute Gasteiger partial charge is 0.352 e. The fourth-order valence-corrected chi connectivity index (χ4v) is 3.18. The first-order valence-corrected chi connectivity index (χ1v) is 8.80. The molecular weight excluding hydrogens is 372 g/mol. The van der Waals surface area contributed by atoms with E-state index in [1.54, 1.807) is 18.2 Å². The van der Waals surface area contributed by atoms with Crippen LogP contribution in [0.25, 0.3) is 10.9 Å². The Morgan fingerprint density at radius 2 is 1.89 bits per heavy atom. The molecule has 0 radical (unpaired) electrons. The number of aromatic nitrogens is 2. The zero-order valence-electron chi connectivity index (χ0n) is 14.5. The summed E-state index contributed by atoms with van der Waals surface area (Å²) in [6.45, 7) is 2.49. The number of hydrogen-bond donors (Lipinski definition) is 2. The van der Waals surface area contributed by atoms with E-state index in [4.69, 9.17) is 12.2 Å². The molecule has 140 valence electrons. The Balaban J connectivity index is 1.76. The number of amides is 1. The Kier molecular flexibility index (Phi) is 5.46. The Hall–Kier alpha value is -2.87. The lowest BCUT2D eigenvalue weighted by Gasteiger charge is -2.08. The van der Waals surface area contributed by atoms with Crippen molar-refractivity contribution in [3.8, 4) is 0 Å². The molecule has 3 aromatic rings. The number of nitrogens with zero attached hydrogens (tertiary/aromatic N) is 1. The van der Waals surface area contributed by atoms with Crippen molar-refractivity contribution in [1.82, 2.24) is 14.9 Å². The highest BCUT2D eigenvalue weighted by Gasteiger charge is 2.10. The second-order valence-corrected chi connectivity index (χ2v) is 6.41. The van der Waals surface area contributed by atoms with E-state index in [1.165, 1.54) is 16.7 Å². The number of fused-ring (bicyclic) bond motifs is 1. The smallest absolute Gasteiger partial charge is 0.262 e. The third-order valence-corrected chi connectivity index (χ3v) is 4.50. The van der Waals surface area contributed by atoms with Crippen LogP contribution < -0.4 is 10.9 Å². The first kappa shape index (κ1) is 18.9. The quantitative estimate of drug-likeness (QED) is 0.658. The summed E-state index contributed by atoms with van der Waals surface area (Å²) in [5, 5.41) is 3.14. The molecule has 8 heteroatoms. The number of halogens is 2. The van der Waals surface area contributed by atoms with Gasteiger partial charge < -0.3 is 10.3 Å². The minimum Gasteiger partial charge on any atom is -0.352 e. The summed E-state index contributed by atoms with van der Waals surface area (Å²) in [4.78, 5) is 27.6. The lowest BCUT2D eigenvalue weighted by molar-refractivity contribution is 0.0954. The minimum atomic E-state index is -0.654. The van der Waals surface area contributed by atoms with Gasteiger partial charge in [0, 0.05) is 24.7 Å². The number of aromatic amines is 1. The van der Waals surface area contributed by atoms with E-state index < -0.39 is 11.6 Å². The van der Waals surface area contributed by atoms with Gasteiger partial charge in [0.25, 0.3) is 11.5 Å². The summed E-state index contributed by atoms with van der Waals surface area (Å²) in [6, 6.07) is 7.94. The summed E-state index contributed by atoms with van der Waals surface area (Å²) in [7, 11) is 0. The van der Waals surface area contributed by atoms with Gasteiger partial charge in [-0.25, -0.2) is 8.78 Å². The average molecular weight is 389 g/mol. The molecule has 0 unspecified atom stereocenters. The van der Waals surface area contributed by atoms with Crippen LogP contribution in [-0.4, -0.2) is 22.0 Å². The number of benzene rings is 2. The van der Waals surface area contributed by atoms with E-state index in [0.29, 0.717) is 33.3 Å². The standard InChI is InChI=1S/C19H17F2N3O2S/c1-2-24-18(26)15-4-3-12(9-16(15)23-19(24)27)17(25)22-6-5-11-7-13(20)10-14(21)8-11/h3-4,7-10H,2,5-6H2,1H3,(H,22,25)(H,23,27). The highest BCUT2D eigenvalue weighted by Crippen LogP contribution is 2.11. The van der Waals surface area contributed by atoms with Crippen LogP contribution in [0.3, 0.4) is 0 Å². The van der Waals surface area contributed by atoms with E-state index in [9.17, 15) is 18.4 Å². The molecular formula is C19H17F2N3O2S. The van der Waals surface area contributed by atoms with Crippen LogP contribution in [0.4, 0.5) is 8.78 Å². The van der Waals surface area contributed by atoms with E-state index in [2.05, 4.69) is 10.3 Å². The molecule has 2 aromatic carbocycles. The lowest BCUT2D eigenvalue weighted by atomic mass is 10.1. The van der Waals surface area contributed by atoms with Crippen molar-refractivity contribution in [3.63, 3.8) is 0 Å². The van der Waals surface area contributed by atoms with Gasteiger partial charge in [0.1, 0.15) is 11.6 Å². The molecule has 27 heavy (non-hydrogen) atoms. The Labute approximate surface area is 158 Å². The van der Waals surface area contributed by atoms with Crippen LogP contribution >= 0.6 is 12.2 Å². The van der Waals surface area contributed by atoms with Gasteiger partial charge in [-0.3, -0.25) is 14.2 Å².